The summed E-state index contributed by atoms with van der Waals surface area (Å²) in [6.07, 6.45) is 0. The molecule has 27 heavy (non-hydrogen) atoms. The molecule has 4 rings (SSSR count). The second-order valence-electron chi connectivity index (χ2n) is 6.18. The summed E-state index contributed by atoms with van der Waals surface area (Å²) < 4.78 is 1.11. The van der Waals surface area contributed by atoms with Crippen molar-refractivity contribution >= 4 is 39.2 Å². The molecule has 0 spiro atoms. The minimum Gasteiger partial charge on any atom is -0.476 e. The molecule has 6 nitrogen and oxygen atoms in total. The second-order valence-corrected chi connectivity index (χ2v) is 6.55. The van der Waals surface area contributed by atoms with Gasteiger partial charge in [0.1, 0.15) is 0 Å². The summed E-state index contributed by atoms with van der Waals surface area (Å²) in [5.74, 6) is -1.20. The molecule has 0 unspecified atom stereocenters. The Hall–Kier alpha value is -3.25. The summed E-state index contributed by atoms with van der Waals surface area (Å²) >= 11 is 6.47. The van der Waals surface area contributed by atoms with Crippen LogP contribution < -0.4 is 5.56 Å². The zero-order chi connectivity index (χ0) is 19.1. The molecule has 0 aliphatic rings. The first-order valence-corrected chi connectivity index (χ1v) is 8.62. The number of halogens is 1. The van der Waals surface area contributed by atoms with Crippen molar-refractivity contribution in [3.63, 3.8) is 0 Å². The molecular weight excluding hydrogens is 366 g/mol. The van der Waals surface area contributed by atoms with Crippen molar-refractivity contribution in [1.29, 1.82) is 0 Å². The Labute approximate surface area is 158 Å². The van der Waals surface area contributed by atoms with E-state index in [1.165, 1.54) is 0 Å². The van der Waals surface area contributed by atoms with Crippen LogP contribution in [0.15, 0.2) is 53.3 Å². The number of pyridine rings is 1. The third kappa shape index (κ3) is 2.84. The fraction of sp³-hybridized carbons (Fsp3) is 0.100. The van der Waals surface area contributed by atoms with Crippen LogP contribution in [0.4, 0.5) is 0 Å². The molecule has 4 aromatic rings. The maximum atomic E-state index is 12.8. The Morgan fingerprint density at radius 3 is 2.41 bits per heavy atom. The van der Waals surface area contributed by atoms with E-state index in [1.54, 1.807) is 24.3 Å². The third-order valence-electron chi connectivity index (χ3n) is 4.52. The first-order chi connectivity index (χ1) is 13.0. The van der Waals surface area contributed by atoms with E-state index in [9.17, 15) is 14.7 Å². The molecule has 0 saturated heterocycles. The molecule has 0 bridgehead atoms. The summed E-state index contributed by atoms with van der Waals surface area (Å²) in [5, 5.41) is 15.5. The number of para-hydroxylation sites is 1. The average Bonchev–Trinajstić information content (AvgIpc) is 2.67. The van der Waals surface area contributed by atoms with Gasteiger partial charge in [0.2, 0.25) is 0 Å². The van der Waals surface area contributed by atoms with Crippen LogP contribution >= 0.6 is 11.6 Å². The van der Waals surface area contributed by atoms with Gasteiger partial charge in [-0.3, -0.25) is 4.79 Å². The molecule has 2 heterocycles. The van der Waals surface area contributed by atoms with Crippen LogP contribution in [0.2, 0.25) is 5.02 Å². The summed E-state index contributed by atoms with van der Waals surface area (Å²) in [5.41, 5.74) is 1.50. The van der Waals surface area contributed by atoms with Crippen LogP contribution in [0.5, 0.6) is 0 Å². The van der Waals surface area contributed by atoms with Gasteiger partial charge in [-0.2, -0.15) is 5.10 Å². The highest BCUT2D eigenvalue weighted by molar-refractivity contribution is 6.32. The number of carboxylic acid groups (broad SMARTS) is 1. The van der Waals surface area contributed by atoms with Crippen molar-refractivity contribution in [2.45, 2.75) is 13.5 Å². The molecule has 0 fully saturated rings. The van der Waals surface area contributed by atoms with E-state index in [0.717, 1.165) is 21.1 Å². The molecule has 0 atom stereocenters. The topological polar surface area (TPSA) is 85.1 Å². The lowest BCUT2D eigenvalue weighted by Crippen LogP contribution is -2.27. The van der Waals surface area contributed by atoms with Gasteiger partial charge in [-0.1, -0.05) is 48.0 Å². The Morgan fingerprint density at radius 2 is 1.70 bits per heavy atom. The maximum absolute atomic E-state index is 12.8. The number of aryl methyl sites for hydroxylation is 1. The number of benzene rings is 2. The summed E-state index contributed by atoms with van der Waals surface area (Å²) in [7, 11) is 0. The van der Waals surface area contributed by atoms with Gasteiger partial charge < -0.3 is 5.11 Å². The molecule has 2 aromatic carbocycles. The highest BCUT2D eigenvalue weighted by Crippen LogP contribution is 2.27. The predicted molar refractivity (Wildman–Crippen MR) is 104 cm³/mol. The minimum absolute atomic E-state index is 0.0194. The lowest BCUT2D eigenvalue weighted by Gasteiger charge is -2.12. The van der Waals surface area contributed by atoms with Crippen LogP contribution in [-0.4, -0.2) is 25.8 Å². The van der Waals surface area contributed by atoms with E-state index in [-0.39, 0.29) is 17.8 Å². The zero-order valence-electron chi connectivity index (χ0n) is 14.3. The lowest BCUT2D eigenvalue weighted by molar-refractivity contribution is 0.0690. The van der Waals surface area contributed by atoms with E-state index in [2.05, 4.69) is 10.1 Å². The van der Waals surface area contributed by atoms with Crippen molar-refractivity contribution < 1.29 is 9.90 Å². The molecule has 1 N–H and O–H groups in total. The average molecular weight is 380 g/mol. The highest BCUT2D eigenvalue weighted by atomic mass is 35.5. The Morgan fingerprint density at radius 1 is 1.07 bits per heavy atom. The van der Waals surface area contributed by atoms with Gasteiger partial charge in [0, 0.05) is 10.8 Å². The van der Waals surface area contributed by atoms with Crippen molar-refractivity contribution in [3.05, 3.63) is 80.9 Å². The standard InChI is InChI=1S/C20H14ClN3O3/c1-11-12-6-4-5-9-15(12)22-16(17(11)21)10-24-19(25)14-8-3-2-7-13(14)18(23-24)20(26)27/h2-9H,10H2,1H3,(H,26,27). The molecule has 0 aliphatic carbocycles. The predicted octanol–water partition coefficient (Wildman–Crippen LogP) is 3.65. The maximum Gasteiger partial charge on any atom is 0.357 e. The number of aromatic carboxylic acids is 1. The van der Waals surface area contributed by atoms with E-state index in [1.807, 2.05) is 31.2 Å². The molecule has 0 amide bonds. The van der Waals surface area contributed by atoms with Gasteiger partial charge in [-0.05, 0) is 24.6 Å². The van der Waals surface area contributed by atoms with Crippen LogP contribution in [-0.2, 0) is 6.54 Å². The van der Waals surface area contributed by atoms with E-state index in [4.69, 9.17) is 11.6 Å². The number of hydrogen-bond donors (Lipinski definition) is 1. The lowest BCUT2D eigenvalue weighted by atomic mass is 10.1. The molecule has 0 aliphatic heterocycles. The molecular formula is C20H14ClN3O3. The largest absolute Gasteiger partial charge is 0.476 e. The van der Waals surface area contributed by atoms with E-state index >= 15 is 0 Å². The number of hydrogen-bond acceptors (Lipinski definition) is 4. The number of carboxylic acids is 1. The first-order valence-electron chi connectivity index (χ1n) is 8.24. The summed E-state index contributed by atoms with van der Waals surface area (Å²) in [6, 6.07) is 14.1. The van der Waals surface area contributed by atoms with E-state index in [0.29, 0.717) is 21.5 Å². The fourth-order valence-electron chi connectivity index (χ4n) is 3.16. The van der Waals surface area contributed by atoms with Crippen LogP contribution in [0.3, 0.4) is 0 Å². The third-order valence-corrected chi connectivity index (χ3v) is 5.02. The van der Waals surface area contributed by atoms with Crippen molar-refractivity contribution in [2.75, 3.05) is 0 Å². The molecule has 0 saturated carbocycles. The first kappa shape index (κ1) is 17.2. The van der Waals surface area contributed by atoms with Gasteiger partial charge in [0.25, 0.3) is 5.56 Å². The molecule has 2 aromatic heterocycles. The number of aromatic nitrogens is 3. The zero-order valence-corrected chi connectivity index (χ0v) is 15.1. The van der Waals surface area contributed by atoms with Gasteiger partial charge in [0.05, 0.1) is 28.2 Å². The summed E-state index contributed by atoms with van der Waals surface area (Å²) in [6.45, 7) is 1.86. The molecule has 134 valence electrons. The number of carbonyl (C=O) groups is 1. The monoisotopic (exact) mass is 379 g/mol. The minimum atomic E-state index is -1.20. The van der Waals surface area contributed by atoms with Gasteiger partial charge >= 0.3 is 5.97 Å². The van der Waals surface area contributed by atoms with Crippen LogP contribution in [0.25, 0.3) is 21.7 Å². The van der Waals surface area contributed by atoms with Gasteiger partial charge in [0.15, 0.2) is 5.69 Å². The Bertz CT molecular complexity index is 1280. The highest BCUT2D eigenvalue weighted by Gasteiger charge is 2.17. The normalized spacial score (nSPS) is 11.2. The quantitative estimate of drug-likeness (QED) is 0.587. The van der Waals surface area contributed by atoms with Crippen molar-refractivity contribution in [3.8, 4) is 0 Å². The number of fused-ring (bicyclic) bond motifs is 2. The Balaban J connectivity index is 1.93. The summed E-state index contributed by atoms with van der Waals surface area (Å²) in [4.78, 5) is 29.0. The van der Waals surface area contributed by atoms with Crippen LogP contribution in [0.1, 0.15) is 21.7 Å². The van der Waals surface area contributed by atoms with Crippen molar-refractivity contribution in [1.82, 2.24) is 14.8 Å². The number of nitrogens with zero attached hydrogens (tertiary/aromatic N) is 3. The Kier molecular flexibility index (Phi) is 4.12. The second kappa shape index (κ2) is 6.48. The SMILES string of the molecule is Cc1c(Cl)c(Cn2nc(C(=O)O)c3ccccc3c2=O)nc2ccccc12. The molecule has 0 radical (unpaired) electrons. The fourth-order valence-corrected chi connectivity index (χ4v) is 3.37. The van der Waals surface area contributed by atoms with Crippen LogP contribution in [0, 0.1) is 6.92 Å². The van der Waals surface area contributed by atoms with Gasteiger partial charge in [-0.25, -0.2) is 14.5 Å². The smallest absolute Gasteiger partial charge is 0.357 e. The van der Waals surface area contributed by atoms with Gasteiger partial charge in [-0.15, -0.1) is 0 Å². The van der Waals surface area contributed by atoms with E-state index < -0.39 is 5.97 Å². The van der Waals surface area contributed by atoms with Crippen molar-refractivity contribution in [2.24, 2.45) is 0 Å². The molecule has 7 heteroatoms. The number of rotatable bonds is 3.